The number of H-pyrrole nitrogens is 1. The second-order valence-electron chi connectivity index (χ2n) is 7.15. The maximum Gasteiger partial charge on any atom is 0.230 e. The number of nitrogens with one attached hydrogen (secondary N) is 2. The molecular formula is C22H23N7O2S. The monoisotopic (exact) mass is 449 g/mol. The van der Waals surface area contributed by atoms with E-state index >= 15 is 0 Å². The summed E-state index contributed by atoms with van der Waals surface area (Å²) in [4.78, 5) is 16.8. The zero-order chi connectivity index (χ0) is 22.5. The average molecular weight is 450 g/mol. The zero-order valence-electron chi connectivity index (χ0n) is 18.0. The molecule has 0 aliphatic carbocycles. The number of ether oxygens (including phenoxy) is 1. The maximum absolute atomic E-state index is 12.3. The molecule has 0 radical (unpaired) electrons. The van der Waals surface area contributed by atoms with Crippen LogP contribution in [-0.4, -0.2) is 48.7 Å². The highest BCUT2D eigenvalue weighted by Gasteiger charge is 2.12. The molecule has 4 aromatic rings. The predicted octanol–water partition coefficient (Wildman–Crippen LogP) is 3.09. The Morgan fingerprint density at radius 3 is 2.72 bits per heavy atom. The number of hydrogen-bond donors (Lipinski definition) is 2. The van der Waals surface area contributed by atoms with Crippen LogP contribution in [-0.2, 0) is 11.3 Å². The van der Waals surface area contributed by atoms with Crippen molar-refractivity contribution in [2.45, 2.75) is 25.5 Å². The Morgan fingerprint density at radius 2 is 1.97 bits per heavy atom. The smallest absolute Gasteiger partial charge is 0.230 e. The number of nitrogens with zero attached hydrogens (tertiary/aromatic N) is 5. The van der Waals surface area contributed by atoms with Gasteiger partial charge in [0.25, 0.3) is 0 Å². The van der Waals surface area contributed by atoms with Crippen LogP contribution < -0.4 is 10.1 Å². The second-order valence-corrected chi connectivity index (χ2v) is 8.09. The molecule has 0 aliphatic heterocycles. The van der Waals surface area contributed by atoms with Crippen molar-refractivity contribution in [3.8, 4) is 22.8 Å². The van der Waals surface area contributed by atoms with E-state index in [0.29, 0.717) is 16.8 Å². The molecule has 0 aliphatic rings. The van der Waals surface area contributed by atoms with Gasteiger partial charge in [0.15, 0.2) is 11.0 Å². The molecule has 2 heterocycles. The Morgan fingerprint density at radius 1 is 1.16 bits per heavy atom. The molecule has 2 N–H and O–H groups in total. The maximum atomic E-state index is 12.3. The van der Waals surface area contributed by atoms with Crippen molar-refractivity contribution < 1.29 is 9.53 Å². The van der Waals surface area contributed by atoms with Crippen LogP contribution in [0.15, 0.2) is 53.9 Å². The highest BCUT2D eigenvalue weighted by Crippen LogP contribution is 2.21. The standard InChI is InChI=1S/C22H23N7O2S/c1-14-4-7-17(10-15(14)2)29-13-24-28-22(29)32-12-20(30)23-11-19-25-21(27-26-19)16-5-8-18(31-3)9-6-16/h4-10,13H,11-12H2,1-3H3,(H,23,30)(H,25,26,27). The van der Waals surface area contributed by atoms with Gasteiger partial charge in [-0.1, -0.05) is 17.8 Å². The lowest BCUT2D eigenvalue weighted by Gasteiger charge is -2.08. The van der Waals surface area contributed by atoms with Crippen LogP contribution in [0.2, 0.25) is 0 Å². The van der Waals surface area contributed by atoms with Crippen molar-refractivity contribution in [2.24, 2.45) is 0 Å². The molecule has 0 unspecified atom stereocenters. The Hall–Kier alpha value is -3.66. The molecule has 0 atom stereocenters. The molecule has 32 heavy (non-hydrogen) atoms. The molecule has 2 aromatic carbocycles. The van der Waals surface area contributed by atoms with Gasteiger partial charge in [-0.05, 0) is 61.4 Å². The minimum atomic E-state index is -0.132. The van der Waals surface area contributed by atoms with Gasteiger partial charge in [0.2, 0.25) is 5.91 Å². The molecule has 9 nitrogen and oxygen atoms in total. The van der Waals surface area contributed by atoms with Gasteiger partial charge in [0, 0.05) is 11.3 Å². The molecule has 1 amide bonds. The molecule has 0 saturated carbocycles. The van der Waals surface area contributed by atoms with Crippen molar-refractivity contribution in [2.75, 3.05) is 12.9 Å². The van der Waals surface area contributed by atoms with Crippen LogP contribution in [0, 0.1) is 13.8 Å². The summed E-state index contributed by atoms with van der Waals surface area (Å²) in [5, 5.41) is 18.7. The van der Waals surface area contributed by atoms with Gasteiger partial charge in [0.1, 0.15) is 17.9 Å². The summed E-state index contributed by atoms with van der Waals surface area (Å²) in [6.45, 7) is 4.39. The van der Waals surface area contributed by atoms with Crippen LogP contribution in [0.3, 0.4) is 0 Å². The van der Waals surface area contributed by atoms with Crippen LogP contribution in [0.1, 0.15) is 17.0 Å². The number of carbonyl (C=O) groups excluding carboxylic acids is 1. The Bertz CT molecular complexity index is 1220. The molecule has 4 rings (SSSR count). The third-order valence-corrected chi connectivity index (χ3v) is 5.89. The largest absolute Gasteiger partial charge is 0.497 e. The first-order valence-corrected chi connectivity index (χ1v) is 10.9. The zero-order valence-corrected chi connectivity index (χ0v) is 18.8. The van der Waals surface area contributed by atoms with Crippen molar-refractivity contribution in [3.63, 3.8) is 0 Å². The van der Waals surface area contributed by atoms with Gasteiger partial charge in [0.05, 0.1) is 19.4 Å². The van der Waals surface area contributed by atoms with Gasteiger partial charge >= 0.3 is 0 Å². The van der Waals surface area contributed by atoms with Gasteiger partial charge in [-0.2, -0.15) is 5.10 Å². The van der Waals surface area contributed by atoms with E-state index < -0.39 is 0 Å². The average Bonchev–Trinajstić information content (AvgIpc) is 3.48. The Balaban J connectivity index is 1.31. The predicted molar refractivity (Wildman–Crippen MR) is 122 cm³/mol. The fourth-order valence-corrected chi connectivity index (χ4v) is 3.74. The number of thioether (sulfide) groups is 1. The van der Waals surface area contributed by atoms with Gasteiger partial charge < -0.3 is 10.1 Å². The number of aromatic nitrogens is 6. The molecule has 0 bridgehead atoms. The highest BCUT2D eigenvalue weighted by atomic mass is 32.2. The van der Waals surface area contributed by atoms with Gasteiger partial charge in [-0.3, -0.25) is 14.5 Å². The number of rotatable bonds is 8. The van der Waals surface area contributed by atoms with Crippen LogP contribution in [0.5, 0.6) is 5.75 Å². The van der Waals surface area contributed by atoms with Crippen molar-refractivity contribution in [3.05, 3.63) is 65.7 Å². The van der Waals surface area contributed by atoms with Crippen molar-refractivity contribution >= 4 is 17.7 Å². The molecule has 2 aromatic heterocycles. The Kier molecular flexibility index (Phi) is 6.50. The third-order valence-electron chi connectivity index (χ3n) is 4.95. The van der Waals surface area contributed by atoms with Crippen molar-refractivity contribution in [1.29, 1.82) is 0 Å². The molecule has 0 fully saturated rings. The van der Waals surface area contributed by atoms with E-state index in [2.05, 4.69) is 56.7 Å². The SMILES string of the molecule is COc1ccc(-c2n[nH]c(CNC(=O)CSc3nncn3-c3ccc(C)c(C)c3)n2)cc1. The first kappa shape index (κ1) is 21.6. The summed E-state index contributed by atoms with van der Waals surface area (Å²) in [5.74, 6) is 1.98. The normalized spacial score (nSPS) is 10.8. The highest BCUT2D eigenvalue weighted by molar-refractivity contribution is 7.99. The van der Waals surface area contributed by atoms with E-state index in [1.54, 1.807) is 13.4 Å². The summed E-state index contributed by atoms with van der Waals surface area (Å²) in [6.07, 6.45) is 1.65. The number of carbonyl (C=O) groups is 1. The van der Waals surface area contributed by atoms with E-state index in [9.17, 15) is 4.79 Å². The lowest BCUT2D eigenvalue weighted by Crippen LogP contribution is -2.25. The molecule has 0 saturated heterocycles. The molecular weight excluding hydrogens is 426 g/mol. The lowest BCUT2D eigenvalue weighted by atomic mass is 10.1. The van der Waals surface area contributed by atoms with Crippen LogP contribution in [0.4, 0.5) is 0 Å². The fraction of sp³-hybridized carbons (Fsp3) is 0.227. The first-order chi connectivity index (χ1) is 15.5. The molecule has 164 valence electrons. The minimum absolute atomic E-state index is 0.132. The molecule has 10 heteroatoms. The van der Waals surface area contributed by atoms with E-state index in [1.165, 1.54) is 22.9 Å². The first-order valence-electron chi connectivity index (χ1n) is 9.96. The summed E-state index contributed by atoms with van der Waals surface area (Å²) in [6, 6.07) is 13.6. The van der Waals surface area contributed by atoms with Crippen LogP contribution >= 0.6 is 11.8 Å². The number of benzene rings is 2. The summed E-state index contributed by atoms with van der Waals surface area (Å²) >= 11 is 1.33. The summed E-state index contributed by atoms with van der Waals surface area (Å²) < 4.78 is 7.04. The van der Waals surface area contributed by atoms with Crippen molar-refractivity contribution in [1.82, 2.24) is 35.3 Å². The van der Waals surface area contributed by atoms with Crippen LogP contribution in [0.25, 0.3) is 17.1 Å². The minimum Gasteiger partial charge on any atom is -0.497 e. The third kappa shape index (κ3) is 4.97. The number of aryl methyl sites for hydroxylation is 2. The quantitative estimate of drug-likeness (QED) is 0.398. The fourth-order valence-electron chi connectivity index (χ4n) is 2.98. The topological polar surface area (TPSA) is 111 Å². The van der Waals surface area contributed by atoms with E-state index in [-0.39, 0.29) is 18.2 Å². The molecule has 0 spiro atoms. The summed E-state index contributed by atoms with van der Waals surface area (Å²) in [5.41, 5.74) is 4.23. The second kappa shape index (κ2) is 9.65. The van der Waals surface area contributed by atoms with E-state index in [4.69, 9.17) is 4.74 Å². The number of methoxy groups -OCH3 is 1. The number of amides is 1. The summed E-state index contributed by atoms with van der Waals surface area (Å²) in [7, 11) is 1.62. The lowest BCUT2D eigenvalue weighted by molar-refractivity contribution is -0.118. The van der Waals surface area contributed by atoms with E-state index in [1.807, 2.05) is 34.9 Å². The number of aromatic amines is 1. The van der Waals surface area contributed by atoms with Gasteiger partial charge in [-0.15, -0.1) is 10.2 Å². The van der Waals surface area contributed by atoms with E-state index in [0.717, 1.165) is 17.0 Å². The Labute approximate surface area is 189 Å². The van der Waals surface area contributed by atoms with Gasteiger partial charge in [-0.25, -0.2) is 4.98 Å². The number of hydrogen-bond acceptors (Lipinski definition) is 7.